The maximum Gasteiger partial charge on any atom is 0.252 e. The van der Waals surface area contributed by atoms with Gasteiger partial charge in [0.25, 0.3) is 5.91 Å². The zero-order valence-corrected chi connectivity index (χ0v) is 15.3. The molecule has 3 nitrogen and oxygen atoms in total. The summed E-state index contributed by atoms with van der Waals surface area (Å²) in [4.78, 5) is 18.9. The van der Waals surface area contributed by atoms with E-state index in [0.717, 1.165) is 23.5 Å². The average molecular weight is 325 g/mol. The molecule has 0 atom stereocenters. The van der Waals surface area contributed by atoms with Crippen LogP contribution in [0.1, 0.15) is 51.1 Å². The molecule has 1 heterocycles. The first kappa shape index (κ1) is 17.4. The van der Waals surface area contributed by atoms with Gasteiger partial charge in [0.1, 0.15) is 0 Å². The summed E-state index contributed by atoms with van der Waals surface area (Å²) in [5.74, 6) is -0.0301. The molecule has 1 aromatic heterocycles. The van der Waals surface area contributed by atoms with Crippen LogP contribution >= 0.6 is 11.3 Å². The van der Waals surface area contributed by atoms with Gasteiger partial charge < -0.3 is 4.57 Å². The molecule has 0 unspecified atom stereocenters. The molecule has 1 saturated carbocycles. The third-order valence-electron chi connectivity index (χ3n) is 5.63. The highest BCUT2D eigenvalue weighted by Crippen LogP contribution is 2.68. The topological polar surface area (TPSA) is 34.4 Å². The number of hydrogen-bond acceptors (Lipinski definition) is 2. The third kappa shape index (κ3) is 2.80. The van der Waals surface area contributed by atoms with Crippen molar-refractivity contribution < 1.29 is 9.18 Å². The van der Waals surface area contributed by atoms with Gasteiger partial charge in [0.15, 0.2) is 4.80 Å². The van der Waals surface area contributed by atoms with Crippen LogP contribution in [0.2, 0.25) is 0 Å². The zero-order chi connectivity index (χ0) is 16.7. The van der Waals surface area contributed by atoms with E-state index in [1.54, 1.807) is 11.3 Å². The van der Waals surface area contributed by atoms with Gasteiger partial charge in [0.2, 0.25) is 0 Å². The first-order valence-corrected chi connectivity index (χ1v) is 8.77. The quantitative estimate of drug-likeness (QED) is 0.753. The monoisotopic (exact) mass is 325 g/mol. The van der Waals surface area contributed by atoms with Gasteiger partial charge in [-0.1, -0.05) is 27.7 Å². The van der Waals surface area contributed by atoms with Crippen molar-refractivity contribution in [2.45, 2.75) is 60.9 Å². The molecule has 1 aliphatic carbocycles. The van der Waals surface area contributed by atoms with Crippen molar-refractivity contribution in [2.75, 3.05) is 6.67 Å². The van der Waals surface area contributed by atoms with Crippen molar-refractivity contribution in [3.63, 3.8) is 0 Å². The second-order valence-electron chi connectivity index (χ2n) is 7.40. The fourth-order valence-electron chi connectivity index (χ4n) is 3.28. The van der Waals surface area contributed by atoms with Crippen LogP contribution < -0.4 is 4.80 Å². The van der Waals surface area contributed by atoms with Crippen LogP contribution in [0.15, 0.2) is 4.99 Å². The minimum atomic E-state index is -0.293. The predicted octanol–water partition coefficient (Wildman–Crippen LogP) is 4.03. The number of thiazole rings is 1. The lowest BCUT2D eigenvalue weighted by Crippen LogP contribution is -2.20. The smallest absolute Gasteiger partial charge is 0.252 e. The molecule has 1 fully saturated rings. The normalized spacial score (nSPS) is 20.4. The molecule has 0 saturated heterocycles. The first-order valence-electron chi connectivity index (χ1n) is 7.96. The number of hydrogen-bond donors (Lipinski definition) is 0. The average Bonchev–Trinajstić information content (AvgIpc) is 2.67. The van der Waals surface area contributed by atoms with Gasteiger partial charge in [-0.15, -0.1) is 11.3 Å². The lowest BCUT2D eigenvalue weighted by Gasteiger charge is -2.05. The molecule has 0 aromatic carbocycles. The van der Waals surface area contributed by atoms with Crippen molar-refractivity contribution in [1.82, 2.24) is 4.57 Å². The van der Waals surface area contributed by atoms with E-state index in [-0.39, 0.29) is 29.3 Å². The van der Waals surface area contributed by atoms with E-state index in [9.17, 15) is 9.18 Å². The number of halogens is 1. The Labute approximate surface area is 136 Å². The summed E-state index contributed by atoms with van der Waals surface area (Å²) in [6, 6.07) is 0. The molecule has 0 N–H and O–H groups in total. The summed E-state index contributed by atoms with van der Waals surface area (Å²) in [6.45, 7) is 13.0. The van der Waals surface area contributed by atoms with Gasteiger partial charge in [0, 0.05) is 17.1 Å². The van der Waals surface area contributed by atoms with Gasteiger partial charge in [-0.2, -0.15) is 4.99 Å². The summed E-state index contributed by atoms with van der Waals surface area (Å²) in [5, 5.41) is 0. The molecule has 0 aliphatic heterocycles. The lowest BCUT2D eigenvalue weighted by molar-refractivity contribution is -0.120. The number of aromatic nitrogens is 1. The van der Waals surface area contributed by atoms with Crippen LogP contribution in [-0.2, 0) is 11.3 Å². The fraction of sp³-hybridized carbons (Fsp3) is 0.765. The third-order valence-corrected chi connectivity index (χ3v) is 6.72. The Bertz CT molecular complexity index is 626. The standard InChI is InChI=1S/C17H27FN2OS/c1-11-12(2)22-15(20(11)10-8-7-9-18)19-14(21)13-16(3,4)17(13,5)6/h13H,7-10H2,1-6H3/i18-1. The van der Waals surface area contributed by atoms with Gasteiger partial charge in [0.05, 0.1) is 12.6 Å². The SMILES string of the molecule is Cc1sc(=NC(=O)C2C(C)(C)C2(C)C)n(CCCC[18F])c1C. The molecule has 0 spiro atoms. The number of rotatable bonds is 5. The van der Waals surface area contributed by atoms with E-state index >= 15 is 0 Å². The van der Waals surface area contributed by atoms with Crippen molar-refractivity contribution in [2.24, 2.45) is 21.7 Å². The number of carbonyl (C=O) groups excluding carboxylic acids is 1. The number of nitrogens with zero attached hydrogens (tertiary/aromatic N) is 2. The van der Waals surface area contributed by atoms with Gasteiger partial charge >= 0.3 is 0 Å². The Hall–Kier alpha value is -0.970. The predicted molar refractivity (Wildman–Crippen MR) is 88.6 cm³/mol. The molecule has 0 bridgehead atoms. The molecule has 1 amide bonds. The molecule has 0 radical (unpaired) electrons. The van der Waals surface area contributed by atoms with Crippen molar-refractivity contribution in [3.05, 3.63) is 15.4 Å². The van der Waals surface area contributed by atoms with Gasteiger partial charge in [-0.25, -0.2) is 0 Å². The highest BCUT2D eigenvalue weighted by Gasteiger charge is 2.68. The second-order valence-corrected chi connectivity index (χ2v) is 8.58. The Morgan fingerprint density at radius 3 is 2.32 bits per heavy atom. The van der Waals surface area contributed by atoms with Gasteiger partial charge in [-0.05, 0) is 37.5 Å². The molecular formula is C17H27FN2OS. The number of amides is 1. The molecule has 22 heavy (non-hydrogen) atoms. The molecule has 2 rings (SSSR count). The highest BCUT2D eigenvalue weighted by atomic mass is 32.1. The molecule has 1 aromatic rings. The van der Waals surface area contributed by atoms with Crippen LogP contribution in [0, 0.1) is 30.6 Å². The van der Waals surface area contributed by atoms with Crippen molar-refractivity contribution in [1.29, 1.82) is 0 Å². The van der Waals surface area contributed by atoms with Gasteiger partial charge in [-0.3, -0.25) is 9.18 Å². The molecule has 124 valence electrons. The van der Waals surface area contributed by atoms with E-state index in [2.05, 4.69) is 37.3 Å². The summed E-state index contributed by atoms with van der Waals surface area (Å²) in [5.41, 5.74) is 1.15. The first-order chi connectivity index (χ1) is 10.1. The fourth-order valence-corrected chi connectivity index (χ4v) is 4.29. The lowest BCUT2D eigenvalue weighted by atomic mass is 10.0. The minimum Gasteiger partial charge on any atom is -0.321 e. The maximum atomic E-state index is 12.6. The summed E-state index contributed by atoms with van der Waals surface area (Å²) in [6.07, 6.45) is 1.33. The van der Waals surface area contributed by atoms with Crippen LogP contribution in [0.4, 0.5) is 4.39 Å². The zero-order valence-electron chi connectivity index (χ0n) is 14.5. The van der Waals surface area contributed by atoms with Crippen molar-refractivity contribution >= 4 is 17.2 Å². The summed E-state index contributed by atoms with van der Waals surface area (Å²) in [7, 11) is 0. The Morgan fingerprint density at radius 1 is 1.23 bits per heavy atom. The van der Waals surface area contributed by atoms with Crippen LogP contribution in [0.5, 0.6) is 0 Å². The van der Waals surface area contributed by atoms with Crippen LogP contribution in [0.3, 0.4) is 0 Å². The minimum absolute atomic E-state index is 0.00793. The van der Waals surface area contributed by atoms with E-state index in [1.165, 1.54) is 4.88 Å². The molecular weight excluding hydrogens is 298 g/mol. The van der Waals surface area contributed by atoms with E-state index < -0.39 is 0 Å². The van der Waals surface area contributed by atoms with Crippen molar-refractivity contribution in [3.8, 4) is 0 Å². The summed E-state index contributed by atoms with van der Waals surface area (Å²) >= 11 is 1.55. The van der Waals surface area contributed by atoms with E-state index in [1.807, 2.05) is 13.8 Å². The molecule has 5 heteroatoms. The Kier molecular flexibility index (Phi) is 4.67. The largest absolute Gasteiger partial charge is 0.321 e. The van der Waals surface area contributed by atoms with Crippen LogP contribution in [-0.4, -0.2) is 17.1 Å². The number of carbonyl (C=O) groups is 1. The second kappa shape index (κ2) is 5.91. The van der Waals surface area contributed by atoms with E-state index in [4.69, 9.17) is 0 Å². The highest BCUT2D eigenvalue weighted by molar-refractivity contribution is 7.09. The number of unbranched alkanes of at least 4 members (excludes halogenated alkanes) is 1. The number of alkyl halides is 1. The maximum absolute atomic E-state index is 12.6. The Morgan fingerprint density at radius 2 is 1.82 bits per heavy atom. The summed E-state index contributed by atoms with van der Waals surface area (Å²) < 4.78 is 14.4. The van der Waals surface area contributed by atoms with Crippen LogP contribution in [0.25, 0.3) is 0 Å². The Balaban J connectivity index is 2.29. The number of aryl methyl sites for hydroxylation is 1. The van der Waals surface area contributed by atoms with E-state index in [0.29, 0.717) is 6.42 Å². The molecule has 1 aliphatic rings.